The van der Waals surface area contributed by atoms with Crippen LogP contribution in [-0.4, -0.2) is 9.89 Å². The molecular weight excluding hydrogens is 356 g/mol. The van der Waals surface area contributed by atoms with Gasteiger partial charge in [-0.1, -0.05) is 47.7 Å². The molecule has 118 valence electrons. The SMILES string of the molecule is NN=Nc1ccccc1Br.c1ccc(CNn2cccn2)cc1. The zero-order valence-corrected chi connectivity index (χ0v) is 14.0. The maximum atomic E-state index is 4.87. The molecule has 0 amide bonds. The van der Waals surface area contributed by atoms with E-state index >= 15 is 0 Å². The molecule has 1 heterocycles. The van der Waals surface area contributed by atoms with Crippen molar-refractivity contribution >= 4 is 21.6 Å². The number of hydrogen-bond donors (Lipinski definition) is 2. The zero-order chi connectivity index (χ0) is 16.3. The Kier molecular flexibility index (Phi) is 6.80. The van der Waals surface area contributed by atoms with Gasteiger partial charge in [0.25, 0.3) is 0 Å². The summed E-state index contributed by atoms with van der Waals surface area (Å²) in [5.74, 6) is 4.87. The number of rotatable bonds is 4. The van der Waals surface area contributed by atoms with Crippen LogP contribution in [-0.2, 0) is 6.54 Å². The summed E-state index contributed by atoms with van der Waals surface area (Å²) < 4.78 is 0.893. The van der Waals surface area contributed by atoms with Gasteiger partial charge < -0.3 is 11.3 Å². The minimum atomic E-state index is 0.741. The highest BCUT2D eigenvalue weighted by Crippen LogP contribution is 2.23. The summed E-state index contributed by atoms with van der Waals surface area (Å²) in [5, 5.41) is 10.9. The Hall–Kier alpha value is -2.67. The van der Waals surface area contributed by atoms with Crippen LogP contribution in [0.25, 0.3) is 0 Å². The summed E-state index contributed by atoms with van der Waals surface area (Å²) in [6.07, 6.45) is 3.63. The van der Waals surface area contributed by atoms with E-state index in [-0.39, 0.29) is 0 Å². The molecule has 3 rings (SSSR count). The fourth-order valence-electron chi connectivity index (χ4n) is 1.73. The van der Waals surface area contributed by atoms with Gasteiger partial charge in [-0.2, -0.15) is 9.89 Å². The largest absolute Gasteiger partial charge is 0.306 e. The average molecular weight is 373 g/mol. The van der Waals surface area contributed by atoms with Crippen molar-refractivity contribution in [1.82, 2.24) is 9.89 Å². The highest BCUT2D eigenvalue weighted by Gasteiger charge is 1.93. The summed E-state index contributed by atoms with van der Waals surface area (Å²) in [6, 6.07) is 19.6. The molecule has 0 radical (unpaired) electrons. The lowest BCUT2D eigenvalue weighted by Gasteiger charge is -2.04. The number of aromatic nitrogens is 2. The molecule has 0 fully saturated rings. The predicted octanol–water partition coefficient (Wildman–Crippen LogP) is 4.03. The number of benzene rings is 2. The van der Waals surface area contributed by atoms with E-state index in [1.165, 1.54) is 5.56 Å². The second-order valence-electron chi connectivity index (χ2n) is 4.44. The van der Waals surface area contributed by atoms with Crippen LogP contribution in [0.1, 0.15) is 5.56 Å². The molecule has 0 bridgehead atoms. The molecular formula is C16H17BrN6. The molecule has 2 aromatic carbocycles. The molecule has 7 heteroatoms. The molecule has 0 atom stereocenters. The van der Waals surface area contributed by atoms with Gasteiger partial charge in [0.2, 0.25) is 0 Å². The van der Waals surface area contributed by atoms with E-state index in [1.807, 2.05) is 54.7 Å². The van der Waals surface area contributed by atoms with Gasteiger partial charge in [-0.05, 0) is 39.7 Å². The van der Waals surface area contributed by atoms with Crippen molar-refractivity contribution in [3.8, 4) is 0 Å². The van der Waals surface area contributed by atoms with Crippen LogP contribution in [0.5, 0.6) is 0 Å². The molecule has 0 saturated carbocycles. The lowest BCUT2D eigenvalue weighted by molar-refractivity contribution is 0.731. The fraction of sp³-hybridized carbons (Fsp3) is 0.0625. The molecule has 0 spiro atoms. The number of nitrogens with two attached hydrogens (primary N) is 1. The van der Waals surface area contributed by atoms with Crippen molar-refractivity contribution in [2.24, 2.45) is 16.2 Å². The van der Waals surface area contributed by atoms with E-state index in [1.54, 1.807) is 11.0 Å². The predicted molar refractivity (Wildman–Crippen MR) is 94.6 cm³/mol. The summed E-state index contributed by atoms with van der Waals surface area (Å²) in [7, 11) is 0. The van der Waals surface area contributed by atoms with Gasteiger partial charge in [-0.25, -0.2) is 0 Å². The molecule has 6 nitrogen and oxygen atoms in total. The van der Waals surface area contributed by atoms with E-state index < -0.39 is 0 Å². The standard InChI is InChI=1S/C10H11N3.C6H6BrN3/c1-2-5-10(6-3-1)9-12-13-8-4-7-11-13;7-5-3-1-2-4-6(5)9-10-8/h1-8,12H,9H2;1-4H,(H2,8,9). The summed E-state index contributed by atoms with van der Waals surface area (Å²) in [5.41, 5.74) is 5.14. The van der Waals surface area contributed by atoms with Gasteiger partial charge in [0, 0.05) is 10.7 Å². The van der Waals surface area contributed by atoms with Gasteiger partial charge in [-0.3, -0.25) is 0 Å². The van der Waals surface area contributed by atoms with Crippen molar-refractivity contribution in [3.63, 3.8) is 0 Å². The first kappa shape index (κ1) is 16.7. The Labute approximate surface area is 143 Å². The van der Waals surface area contributed by atoms with E-state index in [0.717, 1.165) is 16.7 Å². The fourth-order valence-corrected chi connectivity index (χ4v) is 2.09. The molecule has 0 saturated heterocycles. The van der Waals surface area contributed by atoms with E-state index in [0.29, 0.717) is 0 Å². The maximum Gasteiger partial charge on any atom is 0.102 e. The van der Waals surface area contributed by atoms with Gasteiger partial charge in [-0.15, -0.1) is 5.11 Å². The molecule has 3 N–H and O–H groups in total. The van der Waals surface area contributed by atoms with Gasteiger partial charge in [0.05, 0.1) is 12.7 Å². The van der Waals surface area contributed by atoms with E-state index in [2.05, 4.69) is 48.9 Å². The normalized spacial score (nSPS) is 10.1. The van der Waals surface area contributed by atoms with Crippen molar-refractivity contribution in [1.29, 1.82) is 0 Å². The minimum Gasteiger partial charge on any atom is -0.306 e. The number of hydrogen-bond acceptors (Lipinski definition) is 4. The molecule has 1 aromatic heterocycles. The van der Waals surface area contributed by atoms with Gasteiger partial charge >= 0.3 is 0 Å². The van der Waals surface area contributed by atoms with Crippen LogP contribution in [0, 0.1) is 0 Å². The number of nitrogens with zero attached hydrogens (tertiary/aromatic N) is 4. The first-order valence-corrected chi connectivity index (χ1v) is 7.72. The van der Waals surface area contributed by atoms with Crippen LogP contribution in [0.3, 0.4) is 0 Å². The molecule has 0 aliphatic carbocycles. The second-order valence-corrected chi connectivity index (χ2v) is 5.29. The number of halogens is 1. The lowest BCUT2D eigenvalue weighted by atomic mass is 10.2. The molecule has 0 aliphatic heterocycles. The summed E-state index contributed by atoms with van der Waals surface area (Å²) in [6.45, 7) is 0.794. The van der Waals surface area contributed by atoms with Gasteiger partial charge in [0.1, 0.15) is 5.69 Å². The Morgan fingerprint density at radius 2 is 1.78 bits per heavy atom. The van der Waals surface area contributed by atoms with E-state index in [9.17, 15) is 0 Å². The first-order chi connectivity index (χ1) is 11.3. The van der Waals surface area contributed by atoms with Crippen LogP contribution < -0.4 is 11.3 Å². The van der Waals surface area contributed by atoms with E-state index in [4.69, 9.17) is 5.84 Å². The lowest BCUT2D eigenvalue weighted by Crippen LogP contribution is -2.14. The monoisotopic (exact) mass is 372 g/mol. The van der Waals surface area contributed by atoms with Crippen molar-refractivity contribution in [2.45, 2.75) is 6.54 Å². The highest BCUT2D eigenvalue weighted by atomic mass is 79.9. The van der Waals surface area contributed by atoms with Crippen molar-refractivity contribution < 1.29 is 0 Å². The minimum absolute atomic E-state index is 0.741. The first-order valence-electron chi connectivity index (χ1n) is 6.92. The molecule has 0 unspecified atom stereocenters. The van der Waals surface area contributed by atoms with Crippen molar-refractivity contribution in [2.75, 3.05) is 5.43 Å². The average Bonchev–Trinajstić information content (AvgIpc) is 3.10. The smallest absolute Gasteiger partial charge is 0.102 e. The third kappa shape index (κ3) is 5.91. The van der Waals surface area contributed by atoms with Crippen LogP contribution >= 0.6 is 15.9 Å². The van der Waals surface area contributed by atoms with Crippen molar-refractivity contribution in [3.05, 3.63) is 83.1 Å². The Morgan fingerprint density at radius 1 is 1.04 bits per heavy atom. The van der Waals surface area contributed by atoms with Crippen LogP contribution in [0.15, 0.2) is 87.9 Å². The Morgan fingerprint density at radius 3 is 2.43 bits per heavy atom. The third-order valence-corrected chi connectivity index (χ3v) is 3.48. The summed E-state index contributed by atoms with van der Waals surface area (Å²) >= 11 is 3.29. The number of nitrogens with one attached hydrogen (secondary N) is 1. The van der Waals surface area contributed by atoms with Gasteiger partial charge in [0.15, 0.2) is 0 Å². The molecule has 3 aromatic rings. The summed E-state index contributed by atoms with van der Waals surface area (Å²) in [4.78, 5) is 1.70. The zero-order valence-electron chi connectivity index (χ0n) is 12.4. The topological polar surface area (TPSA) is 80.6 Å². The quantitative estimate of drug-likeness (QED) is 0.412. The Bertz CT molecular complexity index is 712. The van der Waals surface area contributed by atoms with Crippen LogP contribution in [0.4, 0.5) is 5.69 Å². The maximum absolute atomic E-state index is 4.87. The Balaban J connectivity index is 0.000000174. The second kappa shape index (κ2) is 9.37. The highest BCUT2D eigenvalue weighted by molar-refractivity contribution is 9.10. The van der Waals surface area contributed by atoms with Crippen LogP contribution in [0.2, 0.25) is 0 Å². The molecule has 0 aliphatic rings. The third-order valence-electron chi connectivity index (χ3n) is 2.81. The molecule has 23 heavy (non-hydrogen) atoms.